The maximum absolute atomic E-state index is 9.29. The molecule has 0 atom stereocenters. The van der Waals surface area contributed by atoms with E-state index in [0.717, 1.165) is 53.6 Å². The van der Waals surface area contributed by atoms with Crippen molar-refractivity contribution in [2.45, 2.75) is 46.0 Å². The highest BCUT2D eigenvalue weighted by Gasteiger charge is 2.42. The Hall–Kier alpha value is -4.20. The third kappa shape index (κ3) is 5.56. The lowest BCUT2D eigenvalue weighted by Crippen LogP contribution is -2.13. The van der Waals surface area contributed by atoms with Crippen LogP contribution in [0.5, 0.6) is 11.5 Å². The lowest BCUT2D eigenvalue weighted by molar-refractivity contribution is 0.320. The van der Waals surface area contributed by atoms with Gasteiger partial charge in [-0.3, -0.25) is 0 Å². The summed E-state index contributed by atoms with van der Waals surface area (Å²) in [5, 5.41) is 18.6. The first-order valence-corrected chi connectivity index (χ1v) is 18.6. The predicted octanol–water partition coefficient (Wildman–Crippen LogP) is 11.9. The van der Waals surface area contributed by atoms with E-state index in [2.05, 4.69) is 49.5 Å². The van der Waals surface area contributed by atoms with Crippen LogP contribution < -0.4 is 9.47 Å². The van der Waals surface area contributed by atoms with Crippen LogP contribution in [0.15, 0.2) is 35.7 Å². The zero-order valence-electron chi connectivity index (χ0n) is 25.4. The predicted molar refractivity (Wildman–Crippen MR) is 194 cm³/mol. The standard InChI is InChI=1S/C35H26N4O2S5/c1-7-9-40-24-13-21(11-19(17-36)38-5)42-31(24)26-15-23-30(44-26)34-29(35(23,3)4)33-28(46-34)16-27(45-33)32-25(41-10-8-2)14-22(43-32)12-20(18-37)39-6/h11-16H,7-10H2,1-4H3/b19-11+,20-12-. The second-order valence-corrected chi connectivity index (χ2v) is 16.3. The van der Waals surface area contributed by atoms with Crippen molar-refractivity contribution in [3.05, 3.63) is 79.4 Å². The topological polar surface area (TPSA) is 74.8 Å². The highest BCUT2D eigenvalue weighted by atomic mass is 32.1. The monoisotopic (exact) mass is 694 g/mol. The fraction of sp³-hybridized carbons (Fsp3) is 0.257. The van der Waals surface area contributed by atoms with Gasteiger partial charge in [0.25, 0.3) is 11.4 Å². The summed E-state index contributed by atoms with van der Waals surface area (Å²) in [6.07, 6.45) is 5.03. The van der Waals surface area contributed by atoms with Crippen LogP contribution in [0, 0.1) is 35.8 Å². The van der Waals surface area contributed by atoms with E-state index in [1.807, 2.05) is 35.6 Å². The molecule has 5 aromatic heterocycles. The molecule has 0 N–H and O–H groups in total. The zero-order valence-corrected chi connectivity index (χ0v) is 29.5. The summed E-state index contributed by atoms with van der Waals surface area (Å²) in [6.45, 7) is 24.5. The fourth-order valence-corrected chi connectivity index (χ4v) is 12.1. The molecule has 0 unspecified atom stereocenters. The summed E-state index contributed by atoms with van der Waals surface area (Å²) >= 11 is 8.49. The van der Waals surface area contributed by atoms with E-state index in [4.69, 9.17) is 22.6 Å². The number of rotatable bonds is 10. The maximum Gasteiger partial charge on any atom is 0.263 e. The molecule has 5 heterocycles. The Balaban J connectivity index is 1.41. The molecular formula is C35H26N4O2S5. The van der Waals surface area contributed by atoms with Crippen LogP contribution in [0.1, 0.15) is 61.4 Å². The average Bonchev–Trinajstić information content (AvgIpc) is 3.88. The van der Waals surface area contributed by atoms with Crippen molar-refractivity contribution in [2.75, 3.05) is 13.2 Å². The summed E-state index contributed by atoms with van der Waals surface area (Å²) in [6, 6.07) is 12.3. The first-order valence-electron chi connectivity index (χ1n) is 14.5. The van der Waals surface area contributed by atoms with Crippen molar-refractivity contribution in [1.82, 2.24) is 0 Å². The summed E-state index contributed by atoms with van der Waals surface area (Å²) in [5.41, 5.74) is 2.57. The average molecular weight is 695 g/mol. The van der Waals surface area contributed by atoms with Crippen molar-refractivity contribution < 1.29 is 9.47 Å². The number of hydrogen-bond donors (Lipinski definition) is 0. The highest BCUT2D eigenvalue weighted by Crippen LogP contribution is 2.62. The Kier molecular flexibility index (Phi) is 8.90. The van der Waals surface area contributed by atoms with Gasteiger partial charge in [0.15, 0.2) is 0 Å². The number of ether oxygens (including phenoxy) is 2. The minimum atomic E-state index is -0.204. The maximum atomic E-state index is 9.29. The fourth-order valence-electron chi connectivity index (χ4n) is 5.36. The molecule has 1 aliphatic rings. The number of hydrogen-bond acceptors (Lipinski definition) is 9. The molecule has 0 aliphatic heterocycles. The van der Waals surface area contributed by atoms with E-state index in [-0.39, 0.29) is 16.8 Å². The van der Waals surface area contributed by atoms with Crippen molar-refractivity contribution in [3.8, 4) is 52.9 Å². The lowest BCUT2D eigenvalue weighted by Gasteiger charge is -2.19. The van der Waals surface area contributed by atoms with E-state index in [0.29, 0.717) is 13.2 Å². The van der Waals surface area contributed by atoms with Crippen LogP contribution in [-0.2, 0) is 5.41 Å². The molecule has 0 bridgehead atoms. The molecule has 228 valence electrons. The summed E-state index contributed by atoms with van der Waals surface area (Å²) in [5.74, 6) is 1.58. The van der Waals surface area contributed by atoms with Gasteiger partial charge in [-0.25, -0.2) is 20.2 Å². The zero-order chi connectivity index (χ0) is 32.6. The van der Waals surface area contributed by atoms with Gasteiger partial charge >= 0.3 is 0 Å². The van der Waals surface area contributed by atoms with E-state index >= 15 is 0 Å². The number of nitriles is 2. The van der Waals surface area contributed by atoms with Crippen LogP contribution in [0.4, 0.5) is 0 Å². The summed E-state index contributed by atoms with van der Waals surface area (Å²) in [7, 11) is 0. The summed E-state index contributed by atoms with van der Waals surface area (Å²) in [4.78, 5) is 15.2. The van der Waals surface area contributed by atoms with Gasteiger partial charge in [-0.1, -0.05) is 27.7 Å². The molecule has 0 spiro atoms. The van der Waals surface area contributed by atoms with Gasteiger partial charge in [-0.05, 0) is 60.4 Å². The SMILES string of the molecule is [C-]#[N+]/C(C#N)=C\c1cc(OCCC)c(-c2cc3sc4c(c3s2)C(C)(C)c2cc(-c3sc(/C=C(\C#N)[N+]#[C-])cc3OCCC)sc2-4)s1. The number of allylic oxidation sites excluding steroid dienone is 2. The molecule has 0 aromatic carbocycles. The van der Waals surface area contributed by atoms with Gasteiger partial charge in [0.2, 0.25) is 0 Å². The molecule has 6 nitrogen and oxygen atoms in total. The molecule has 0 fully saturated rings. The van der Waals surface area contributed by atoms with Crippen molar-refractivity contribution in [2.24, 2.45) is 0 Å². The molecule has 11 heteroatoms. The van der Waals surface area contributed by atoms with Crippen molar-refractivity contribution in [3.63, 3.8) is 0 Å². The smallest absolute Gasteiger partial charge is 0.263 e. The van der Waals surface area contributed by atoms with Crippen LogP contribution in [0.3, 0.4) is 0 Å². The molecule has 6 rings (SSSR count). The second-order valence-electron chi connectivity index (χ2n) is 11.0. The van der Waals surface area contributed by atoms with Crippen LogP contribution in [-0.4, -0.2) is 13.2 Å². The van der Waals surface area contributed by atoms with Gasteiger partial charge < -0.3 is 9.47 Å². The first kappa shape index (κ1) is 31.8. The number of fused-ring (bicyclic) bond motifs is 5. The lowest BCUT2D eigenvalue weighted by atomic mass is 9.84. The quantitative estimate of drug-likeness (QED) is 0.108. The minimum absolute atomic E-state index is 0.0571. The van der Waals surface area contributed by atoms with Gasteiger partial charge in [0.1, 0.15) is 11.5 Å². The number of nitrogens with zero attached hydrogens (tertiary/aromatic N) is 4. The van der Waals surface area contributed by atoms with Crippen molar-refractivity contribution in [1.29, 1.82) is 10.5 Å². The van der Waals surface area contributed by atoms with Crippen molar-refractivity contribution >= 4 is 78.2 Å². The molecule has 46 heavy (non-hydrogen) atoms. The Labute approximate surface area is 288 Å². The third-order valence-electron chi connectivity index (χ3n) is 7.43. The Morgan fingerprint density at radius 1 is 0.761 bits per heavy atom. The normalized spacial score (nSPS) is 13.5. The summed E-state index contributed by atoms with van der Waals surface area (Å²) < 4.78 is 14.8. The van der Waals surface area contributed by atoms with Gasteiger partial charge in [-0.2, -0.15) is 0 Å². The second kappa shape index (κ2) is 12.9. The van der Waals surface area contributed by atoms with Crippen LogP contribution in [0.2, 0.25) is 0 Å². The Bertz CT molecular complexity index is 2190. The molecule has 0 amide bonds. The van der Waals surface area contributed by atoms with Crippen LogP contribution in [0.25, 0.3) is 60.5 Å². The molecular weight excluding hydrogens is 669 g/mol. The first-order chi connectivity index (χ1) is 22.3. The van der Waals surface area contributed by atoms with E-state index < -0.39 is 0 Å². The molecule has 1 aliphatic carbocycles. The van der Waals surface area contributed by atoms with E-state index in [1.54, 1.807) is 57.5 Å². The molecule has 0 saturated carbocycles. The highest BCUT2D eigenvalue weighted by molar-refractivity contribution is 7.34. The molecule has 5 aromatic rings. The molecule has 0 saturated heterocycles. The van der Waals surface area contributed by atoms with Gasteiger partial charge in [0.05, 0.1) is 62.7 Å². The van der Waals surface area contributed by atoms with E-state index in [1.165, 1.54) is 30.3 Å². The van der Waals surface area contributed by atoms with Gasteiger partial charge in [-0.15, -0.1) is 56.7 Å². The minimum Gasteiger partial charge on any atom is -0.492 e. The van der Waals surface area contributed by atoms with E-state index in [9.17, 15) is 10.5 Å². The van der Waals surface area contributed by atoms with Gasteiger partial charge in [0, 0.05) is 29.6 Å². The third-order valence-corrected chi connectivity index (χ3v) is 13.6. The van der Waals surface area contributed by atoms with Crippen LogP contribution >= 0.6 is 56.7 Å². The largest absolute Gasteiger partial charge is 0.492 e. The Morgan fingerprint density at radius 2 is 1.30 bits per heavy atom. The molecule has 0 radical (unpaired) electrons. The Morgan fingerprint density at radius 3 is 1.80 bits per heavy atom. The number of thiophene rings is 5.